The Morgan fingerprint density at radius 3 is 2.70 bits per heavy atom. The number of carbonyl (C=O) groups is 1. The molecule has 0 saturated heterocycles. The summed E-state index contributed by atoms with van der Waals surface area (Å²) in [5.41, 5.74) is 5.92. The Bertz CT molecular complexity index is 1210. The van der Waals surface area contributed by atoms with Gasteiger partial charge in [0.15, 0.2) is 0 Å². The molecule has 0 spiro atoms. The van der Waals surface area contributed by atoms with Gasteiger partial charge in [-0.05, 0) is 66.2 Å². The lowest BCUT2D eigenvalue weighted by Crippen LogP contribution is -2.27. The minimum Gasteiger partial charge on any atom is -0.472 e. The van der Waals surface area contributed by atoms with Crippen LogP contribution in [-0.2, 0) is 6.61 Å². The van der Waals surface area contributed by atoms with Crippen LogP contribution in [0.2, 0.25) is 0 Å². The second kappa shape index (κ2) is 11.9. The van der Waals surface area contributed by atoms with Crippen molar-refractivity contribution >= 4 is 34.2 Å². The number of nitrogens with zero attached hydrogens (tertiary/aromatic N) is 2. The molecule has 2 aromatic carbocycles. The third-order valence-corrected chi connectivity index (χ3v) is 5.26. The SMILES string of the molecule is Cc1nc(OCc2ccc(F)cc2F)c(Br)c(=O)n1-c1cccc(C(=O)NCCCN)c1.Cl. The molecule has 0 atom stereocenters. The van der Waals surface area contributed by atoms with E-state index >= 15 is 0 Å². The van der Waals surface area contributed by atoms with Crippen LogP contribution in [0.1, 0.15) is 28.2 Å². The van der Waals surface area contributed by atoms with Gasteiger partial charge in [0.1, 0.15) is 28.5 Å². The number of rotatable bonds is 8. The molecule has 1 amide bonds. The minimum atomic E-state index is -0.757. The summed E-state index contributed by atoms with van der Waals surface area (Å²) in [4.78, 5) is 29.6. The molecule has 3 rings (SSSR count). The van der Waals surface area contributed by atoms with E-state index < -0.39 is 17.2 Å². The number of hydrogen-bond acceptors (Lipinski definition) is 5. The molecule has 1 heterocycles. The highest BCUT2D eigenvalue weighted by atomic mass is 79.9. The van der Waals surface area contributed by atoms with Crippen molar-refractivity contribution < 1.29 is 18.3 Å². The lowest BCUT2D eigenvalue weighted by atomic mass is 10.2. The minimum absolute atomic E-state index is 0. The van der Waals surface area contributed by atoms with Gasteiger partial charge in [0, 0.05) is 23.7 Å². The van der Waals surface area contributed by atoms with Crippen LogP contribution in [0.5, 0.6) is 5.88 Å². The summed E-state index contributed by atoms with van der Waals surface area (Å²) >= 11 is 3.19. The average molecular weight is 544 g/mol. The Morgan fingerprint density at radius 2 is 2.00 bits per heavy atom. The Balaban J connectivity index is 0.00000385. The van der Waals surface area contributed by atoms with E-state index in [-0.39, 0.29) is 40.8 Å². The average Bonchev–Trinajstić information content (AvgIpc) is 2.76. The molecule has 0 saturated carbocycles. The van der Waals surface area contributed by atoms with Crippen molar-refractivity contribution in [2.24, 2.45) is 5.73 Å². The first kappa shape index (κ1) is 26.4. The molecule has 0 radical (unpaired) electrons. The Hall–Kier alpha value is -2.82. The fourth-order valence-electron chi connectivity index (χ4n) is 2.96. The maximum Gasteiger partial charge on any atom is 0.276 e. The van der Waals surface area contributed by atoms with Crippen LogP contribution in [0, 0.1) is 18.6 Å². The van der Waals surface area contributed by atoms with Gasteiger partial charge in [0.05, 0.1) is 5.69 Å². The molecule has 33 heavy (non-hydrogen) atoms. The van der Waals surface area contributed by atoms with Gasteiger partial charge in [-0.1, -0.05) is 6.07 Å². The standard InChI is InChI=1S/C22H21BrF2N4O3.ClH/c1-13-28-21(32-12-15-6-7-16(24)11-18(15)25)19(23)22(31)29(13)17-5-2-4-14(10-17)20(30)27-9-3-8-26;/h2,4-7,10-11H,3,8-9,12,26H2,1H3,(H,27,30);1H. The number of ether oxygens (including phenoxy) is 1. The molecule has 0 bridgehead atoms. The number of benzene rings is 2. The second-order valence-corrected chi connectivity index (χ2v) is 7.68. The highest BCUT2D eigenvalue weighted by Crippen LogP contribution is 2.22. The van der Waals surface area contributed by atoms with Crippen LogP contribution in [0.3, 0.4) is 0 Å². The fraction of sp³-hybridized carbons (Fsp3) is 0.227. The van der Waals surface area contributed by atoms with E-state index in [0.29, 0.717) is 36.6 Å². The van der Waals surface area contributed by atoms with E-state index in [1.54, 1.807) is 31.2 Å². The number of nitrogens with two attached hydrogens (primary N) is 1. The normalized spacial score (nSPS) is 10.5. The maximum atomic E-state index is 13.8. The summed E-state index contributed by atoms with van der Waals surface area (Å²) in [5, 5.41) is 2.76. The summed E-state index contributed by atoms with van der Waals surface area (Å²) in [5.74, 6) is -1.46. The number of aryl methyl sites for hydroxylation is 1. The molecule has 3 aromatic rings. The first-order valence-electron chi connectivity index (χ1n) is 9.76. The van der Waals surface area contributed by atoms with E-state index in [4.69, 9.17) is 10.5 Å². The van der Waals surface area contributed by atoms with Crippen molar-refractivity contribution in [3.63, 3.8) is 0 Å². The quantitative estimate of drug-likeness (QED) is 0.423. The molecule has 0 aliphatic heterocycles. The molecule has 7 nitrogen and oxygen atoms in total. The fourth-order valence-corrected chi connectivity index (χ4v) is 3.34. The Kier molecular flexibility index (Phi) is 9.51. The zero-order chi connectivity index (χ0) is 23.3. The maximum absolute atomic E-state index is 13.8. The Labute approximate surface area is 203 Å². The lowest BCUT2D eigenvalue weighted by molar-refractivity contribution is 0.0953. The van der Waals surface area contributed by atoms with Crippen molar-refractivity contribution in [2.45, 2.75) is 20.0 Å². The molecule has 3 N–H and O–H groups in total. The molecule has 0 fully saturated rings. The van der Waals surface area contributed by atoms with Gasteiger partial charge in [0.25, 0.3) is 11.5 Å². The van der Waals surface area contributed by atoms with Crippen molar-refractivity contribution in [3.05, 3.63) is 85.9 Å². The van der Waals surface area contributed by atoms with Crippen molar-refractivity contribution in [2.75, 3.05) is 13.1 Å². The van der Waals surface area contributed by atoms with Gasteiger partial charge < -0.3 is 15.8 Å². The predicted octanol–water partition coefficient (Wildman–Crippen LogP) is 3.66. The highest BCUT2D eigenvalue weighted by Gasteiger charge is 2.17. The van der Waals surface area contributed by atoms with E-state index in [0.717, 1.165) is 12.1 Å². The van der Waals surface area contributed by atoms with Crippen LogP contribution in [-0.4, -0.2) is 28.5 Å². The molecular weight excluding hydrogens is 522 g/mol. The first-order valence-corrected chi connectivity index (χ1v) is 10.6. The number of hydrogen-bond donors (Lipinski definition) is 2. The summed E-state index contributed by atoms with van der Waals surface area (Å²) in [6.45, 7) is 2.29. The summed E-state index contributed by atoms with van der Waals surface area (Å²) < 4.78 is 33.8. The van der Waals surface area contributed by atoms with E-state index in [9.17, 15) is 18.4 Å². The second-order valence-electron chi connectivity index (χ2n) is 6.89. The molecule has 0 aliphatic carbocycles. The van der Waals surface area contributed by atoms with Gasteiger partial charge in [-0.15, -0.1) is 12.4 Å². The molecule has 11 heteroatoms. The van der Waals surface area contributed by atoms with Gasteiger partial charge in [-0.25, -0.2) is 8.78 Å². The van der Waals surface area contributed by atoms with Crippen molar-refractivity contribution in [1.82, 2.24) is 14.9 Å². The van der Waals surface area contributed by atoms with Crippen molar-refractivity contribution in [1.29, 1.82) is 0 Å². The van der Waals surface area contributed by atoms with E-state index in [1.165, 1.54) is 10.6 Å². The zero-order valence-electron chi connectivity index (χ0n) is 17.6. The van der Waals surface area contributed by atoms with Crippen LogP contribution < -0.4 is 21.3 Å². The number of amides is 1. The number of halogens is 4. The van der Waals surface area contributed by atoms with Crippen molar-refractivity contribution in [3.8, 4) is 11.6 Å². The number of nitrogens with one attached hydrogen (secondary N) is 1. The zero-order valence-corrected chi connectivity index (χ0v) is 20.0. The monoisotopic (exact) mass is 542 g/mol. The summed E-state index contributed by atoms with van der Waals surface area (Å²) in [6, 6.07) is 9.68. The first-order chi connectivity index (χ1) is 15.3. The topological polar surface area (TPSA) is 99.2 Å². The predicted molar refractivity (Wildman–Crippen MR) is 126 cm³/mol. The third kappa shape index (κ3) is 6.37. The van der Waals surface area contributed by atoms with Crippen LogP contribution in [0.4, 0.5) is 8.78 Å². The van der Waals surface area contributed by atoms with E-state index in [1.807, 2.05) is 0 Å². The number of aromatic nitrogens is 2. The van der Waals surface area contributed by atoms with E-state index in [2.05, 4.69) is 26.2 Å². The van der Waals surface area contributed by atoms with Gasteiger partial charge in [-0.2, -0.15) is 4.98 Å². The molecular formula is C22H22BrClF2N4O3. The summed E-state index contributed by atoms with van der Waals surface area (Å²) in [6.07, 6.45) is 0.657. The van der Waals surface area contributed by atoms with Crippen LogP contribution >= 0.6 is 28.3 Å². The third-order valence-electron chi connectivity index (χ3n) is 4.58. The smallest absolute Gasteiger partial charge is 0.276 e. The van der Waals surface area contributed by atoms with Crippen LogP contribution in [0.25, 0.3) is 5.69 Å². The molecule has 0 aliphatic rings. The molecule has 0 unspecified atom stereocenters. The molecule has 1 aromatic heterocycles. The molecule has 176 valence electrons. The largest absolute Gasteiger partial charge is 0.472 e. The highest BCUT2D eigenvalue weighted by molar-refractivity contribution is 9.10. The van der Waals surface area contributed by atoms with Crippen LogP contribution in [0.15, 0.2) is 51.7 Å². The Morgan fingerprint density at radius 1 is 1.24 bits per heavy atom. The van der Waals surface area contributed by atoms with Gasteiger partial charge in [-0.3, -0.25) is 14.2 Å². The summed E-state index contributed by atoms with van der Waals surface area (Å²) in [7, 11) is 0. The van der Waals surface area contributed by atoms with Gasteiger partial charge in [0.2, 0.25) is 5.88 Å². The van der Waals surface area contributed by atoms with Gasteiger partial charge >= 0.3 is 0 Å². The lowest BCUT2D eigenvalue weighted by Gasteiger charge is -2.14. The number of carbonyl (C=O) groups excluding carboxylic acids is 1.